The van der Waals surface area contributed by atoms with E-state index in [0.29, 0.717) is 0 Å². The lowest BCUT2D eigenvalue weighted by molar-refractivity contribution is 0.0691. The number of carboxylic acid groups (broad SMARTS) is 1. The van der Waals surface area contributed by atoms with Gasteiger partial charge in [0.1, 0.15) is 0 Å². The molecule has 0 aliphatic carbocycles. The first kappa shape index (κ1) is 11.9. The minimum Gasteiger partial charge on any atom is -0.494 e. The summed E-state index contributed by atoms with van der Waals surface area (Å²) in [4.78, 5) is 22.4. The largest absolute Gasteiger partial charge is 0.494 e. The number of carboxylic acids is 1. The zero-order chi connectivity index (χ0) is 13.3. The van der Waals surface area contributed by atoms with Crippen LogP contribution in [0.25, 0.3) is 11.1 Å². The standard InChI is InChI=1S/C11H9FN2O4/c1-18-7-3-2-5(4-6(7)12)8-9(11(16)17)13-14-10(8)15/h2-4H,1H3,(H,16,17)(H2,13,14,15). The van der Waals surface area contributed by atoms with Gasteiger partial charge < -0.3 is 9.84 Å². The molecule has 0 amide bonds. The SMILES string of the molecule is COc1ccc(-c2c(C(=O)O)[nH][nH]c2=O)cc1F. The van der Waals surface area contributed by atoms with Gasteiger partial charge in [-0.2, -0.15) is 0 Å². The van der Waals surface area contributed by atoms with Crippen molar-refractivity contribution in [2.24, 2.45) is 0 Å². The van der Waals surface area contributed by atoms with Crippen LogP contribution in [0.3, 0.4) is 0 Å². The number of hydrogen-bond acceptors (Lipinski definition) is 3. The molecule has 2 rings (SSSR count). The Morgan fingerprint density at radius 1 is 1.39 bits per heavy atom. The zero-order valence-corrected chi connectivity index (χ0v) is 9.28. The molecule has 2 aromatic rings. The highest BCUT2D eigenvalue weighted by Crippen LogP contribution is 2.25. The summed E-state index contributed by atoms with van der Waals surface area (Å²) >= 11 is 0. The highest BCUT2D eigenvalue weighted by Gasteiger charge is 2.18. The summed E-state index contributed by atoms with van der Waals surface area (Å²) in [5.41, 5.74) is -0.904. The molecule has 18 heavy (non-hydrogen) atoms. The minimum atomic E-state index is -1.31. The van der Waals surface area contributed by atoms with E-state index in [-0.39, 0.29) is 22.6 Å². The Morgan fingerprint density at radius 2 is 2.11 bits per heavy atom. The van der Waals surface area contributed by atoms with Crippen LogP contribution in [-0.2, 0) is 0 Å². The molecule has 0 unspecified atom stereocenters. The van der Waals surface area contributed by atoms with Crippen molar-refractivity contribution < 1.29 is 19.0 Å². The summed E-state index contributed by atoms with van der Waals surface area (Å²) in [7, 11) is 1.31. The third kappa shape index (κ3) is 1.86. The van der Waals surface area contributed by atoms with Crippen molar-refractivity contribution in [1.82, 2.24) is 10.2 Å². The lowest BCUT2D eigenvalue weighted by Gasteiger charge is -2.03. The molecule has 7 heteroatoms. The third-order valence-corrected chi connectivity index (χ3v) is 2.43. The molecule has 1 aromatic carbocycles. The average molecular weight is 252 g/mol. The summed E-state index contributed by atoms with van der Waals surface area (Å²) < 4.78 is 18.3. The molecule has 94 valence electrons. The Bertz CT molecular complexity index is 659. The molecular weight excluding hydrogens is 243 g/mol. The Balaban J connectivity index is 2.62. The van der Waals surface area contributed by atoms with Gasteiger partial charge in [0, 0.05) is 0 Å². The minimum absolute atomic E-state index is 0.0163. The predicted molar refractivity (Wildman–Crippen MR) is 60.3 cm³/mol. The van der Waals surface area contributed by atoms with Gasteiger partial charge >= 0.3 is 5.97 Å². The molecule has 0 radical (unpaired) electrons. The second-order valence-electron chi connectivity index (χ2n) is 3.48. The van der Waals surface area contributed by atoms with E-state index in [1.807, 2.05) is 0 Å². The molecular formula is C11H9FN2O4. The summed E-state index contributed by atoms with van der Waals surface area (Å²) in [5.74, 6) is -1.96. The van der Waals surface area contributed by atoms with E-state index in [1.54, 1.807) is 0 Å². The van der Waals surface area contributed by atoms with Crippen LogP contribution in [0.1, 0.15) is 10.5 Å². The molecule has 3 N–H and O–H groups in total. The van der Waals surface area contributed by atoms with Crippen LogP contribution in [0.15, 0.2) is 23.0 Å². The molecule has 0 saturated heterocycles. The fourth-order valence-electron chi connectivity index (χ4n) is 1.62. The van der Waals surface area contributed by atoms with Crippen LogP contribution >= 0.6 is 0 Å². The third-order valence-electron chi connectivity index (χ3n) is 2.43. The van der Waals surface area contributed by atoms with Crippen LogP contribution in [0, 0.1) is 5.82 Å². The van der Waals surface area contributed by atoms with E-state index >= 15 is 0 Å². The van der Waals surface area contributed by atoms with E-state index in [2.05, 4.69) is 10.2 Å². The average Bonchev–Trinajstić information content (AvgIpc) is 2.71. The van der Waals surface area contributed by atoms with Crippen molar-refractivity contribution in [2.45, 2.75) is 0 Å². The Labute approximate surface area is 100 Å². The number of ether oxygens (including phenoxy) is 1. The lowest BCUT2D eigenvalue weighted by Crippen LogP contribution is -2.05. The molecule has 1 aromatic heterocycles. The van der Waals surface area contributed by atoms with Gasteiger partial charge in [-0.05, 0) is 17.7 Å². The van der Waals surface area contributed by atoms with Gasteiger partial charge in [0.15, 0.2) is 17.3 Å². The first-order valence-electron chi connectivity index (χ1n) is 4.92. The number of aromatic amines is 2. The number of carbonyl (C=O) groups is 1. The Kier molecular flexibility index (Phi) is 2.88. The number of rotatable bonds is 3. The topological polar surface area (TPSA) is 95.2 Å². The fraction of sp³-hybridized carbons (Fsp3) is 0.0909. The molecule has 0 aliphatic rings. The fourth-order valence-corrected chi connectivity index (χ4v) is 1.62. The molecule has 0 atom stereocenters. The molecule has 0 spiro atoms. The number of H-pyrrole nitrogens is 2. The van der Waals surface area contributed by atoms with Crippen LogP contribution in [0.5, 0.6) is 5.75 Å². The van der Waals surface area contributed by atoms with Gasteiger partial charge in [-0.25, -0.2) is 9.18 Å². The van der Waals surface area contributed by atoms with E-state index in [4.69, 9.17) is 9.84 Å². The maximum atomic E-state index is 13.5. The smallest absolute Gasteiger partial charge is 0.354 e. The molecule has 0 fully saturated rings. The first-order valence-corrected chi connectivity index (χ1v) is 4.92. The van der Waals surface area contributed by atoms with Gasteiger partial charge in [0.05, 0.1) is 12.7 Å². The molecule has 0 bridgehead atoms. The van der Waals surface area contributed by atoms with Crippen molar-refractivity contribution in [3.63, 3.8) is 0 Å². The quantitative estimate of drug-likeness (QED) is 0.765. The van der Waals surface area contributed by atoms with Gasteiger partial charge in [0.2, 0.25) is 0 Å². The van der Waals surface area contributed by atoms with E-state index in [1.165, 1.54) is 19.2 Å². The van der Waals surface area contributed by atoms with E-state index < -0.39 is 17.3 Å². The molecule has 0 aliphatic heterocycles. The van der Waals surface area contributed by atoms with Gasteiger partial charge in [0.25, 0.3) is 5.56 Å². The van der Waals surface area contributed by atoms with E-state index in [0.717, 1.165) is 6.07 Å². The summed E-state index contributed by atoms with van der Waals surface area (Å²) in [6.45, 7) is 0. The highest BCUT2D eigenvalue weighted by molar-refractivity contribution is 5.93. The van der Waals surface area contributed by atoms with Crippen molar-refractivity contribution in [2.75, 3.05) is 7.11 Å². The number of halogens is 1. The zero-order valence-electron chi connectivity index (χ0n) is 9.28. The number of nitrogens with one attached hydrogen (secondary N) is 2. The monoisotopic (exact) mass is 252 g/mol. The maximum Gasteiger partial charge on any atom is 0.354 e. The maximum absolute atomic E-state index is 13.5. The summed E-state index contributed by atoms with van der Waals surface area (Å²) in [6.07, 6.45) is 0. The van der Waals surface area contributed by atoms with Crippen molar-refractivity contribution in [3.05, 3.63) is 40.1 Å². The Hall–Kier alpha value is -2.57. The van der Waals surface area contributed by atoms with Crippen molar-refractivity contribution >= 4 is 5.97 Å². The van der Waals surface area contributed by atoms with Gasteiger partial charge in [-0.3, -0.25) is 15.0 Å². The summed E-state index contributed by atoms with van der Waals surface area (Å²) in [6, 6.07) is 3.78. The van der Waals surface area contributed by atoms with Crippen LogP contribution in [0.4, 0.5) is 4.39 Å². The van der Waals surface area contributed by atoms with Crippen LogP contribution < -0.4 is 10.3 Å². The number of hydrogen-bond donors (Lipinski definition) is 3. The second kappa shape index (κ2) is 4.36. The van der Waals surface area contributed by atoms with Crippen molar-refractivity contribution in [3.8, 4) is 16.9 Å². The van der Waals surface area contributed by atoms with Crippen molar-refractivity contribution in [1.29, 1.82) is 0 Å². The number of methoxy groups -OCH3 is 1. The van der Waals surface area contributed by atoms with E-state index in [9.17, 15) is 14.0 Å². The molecule has 6 nitrogen and oxygen atoms in total. The Morgan fingerprint density at radius 3 is 2.67 bits per heavy atom. The van der Waals surface area contributed by atoms with Crippen LogP contribution in [-0.4, -0.2) is 28.4 Å². The molecule has 0 saturated carbocycles. The lowest BCUT2D eigenvalue weighted by atomic mass is 10.1. The first-order chi connectivity index (χ1) is 8.54. The van der Waals surface area contributed by atoms with Gasteiger partial charge in [-0.15, -0.1) is 0 Å². The summed E-state index contributed by atoms with van der Waals surface area (Å²) in [5, 5.41) is 13.3. The number of aromatic carboxylic acids is 1. The normalized spacial score (nSPS) is 10.3. The second-order valence-corrected chi connectivity index (χ2v) is 3.48. The number of benzene rings is 1. The molecule has 1 heterocycles. The predicted octanol–water partition coefficient (Wildman–Crippen LogP) is 1.22. The number of aromatic nitrogens is 2. The highest BCUT2D eigenvalue weighted by atomic mass is 19.1. The van der Waals surface area contributed by atoms with Gasteiger partial charge in [-0.1, -0.05) is 6.07 Å². The van der Waals surface area contributed by atoms with Crippen LogP contribution in [0.2, 0.25) is 0 Å².